The Balaban J connectivity index is 2.29. The highest BCUT2D eigenvalue weighted by Crippen LogP contribution is 2.26. The van der Waals surface area contributed by atoms with Crippen molar-refractivity contribution in [1.29, 1.82) is 0 Å². The van der Waals surface area contributed by atoms with Crippen LogP contribution in [0.25, 0.3) is 22.2 Å². The summed E-state index contributed by atoms with van der Waals surface area (Å²) in [7, 11) is 0. The van der Waals surface area contributed by atoms with Gasteiger partial charge in [0.1, 0.15) is 0 Å². The zero-order chi connectivity index (χ0) is 14.1. The van der Waals surface area contributed by atoms with Crippen LogP contribution in [-0.2, 0) is 0 Å². The fraction of sp³-hybridized carbons (Fsp3) is 0.0588. The van der Waals surface area contributed by atoms with Crippen LogP contribution in [-0.4, -0.2) is 16.1 Å². The quantitative estimate of drug-likeness (QED) is 0.762. The number of carbonyl (C=O) groups is 1. The zero-order valence-electron chi connectivity index (χ0n) is 11.0. The third-order valence-corrected chi connectivity index (χ3v) is 3.28. The van der Waals surface area contributed by atoms with E-state index in [0.29, 0.717) is 5.69 Å². The van der Waals surface area contributed by atoms with Crippen LogP contribution in [0.5, 0.6) is 0 Å². The summed E-state index contributed by atoms with van der Waals surface area (Å²) in [6.07, 6.45) is 0. The van der Waals surface area contributed by atoms with E-state index in [1.165, 1.54) is 0 Å². The molecular formula is C17H13NO2. The van der Waals surface area contributed by atoms with Crippen LogP contribution in [0.3, 0.4) is 0 Å². The Kier molecular flexibility index (Phi) is 2.95. The van der Waals surface area contributed by atoms with E-state index in [2.05, 4.69) is 4.98 Å². The summed E-state index contributed by atoms with van der Waals surface area (Å²) < 4.78 is 0. The first-order valence-corrected chi connectivity index (χ1v) is 6.35. The molecule has 1 N–H and O–H groups in total. The predicted octanol–water partition coefficient (Wildman–Crippen LogP) is 3.91. The summed E-state index contributed by atoms with van der Waals surface area (Å²) >= 11 is 0. The van der Waals surface area contributed by atoms with Crippen LogP contribution in [0, 0.1) is 6.92 Å². The average molecular weight is 263 g/mol. The van der Waals surface area contributed by atoms with Crippen molar-refractivity contribution in [2.45, 2.75) is 6.92 Å². The maximum absolute atomic E-state index is 11.5. The van der Waals surface area contributed by atoms with Crippen molar-refractivity contribution < 1.29 is 9.90 Å². The average Bonchev–Trinajstić information content (AvgIpc) is 2.46. The molecule has 0 fully saturated rings. The molecule has 0 unspecified atom stereocenters. The number of hydrogen-bond acceptors (Lipinski definition) is 2. The molecule has 2 aromatic carbocycles. The van der Waals surface area contributed by atoms with Gasteiger partial charge in [-0.25, -0.2) is 9.78 Å². The largest absolute Gasteiger partial charge is 0.478 e. The lowest BCUT2D eigenvalue weighted by molar-refractivity contribution is 0.0697. The van der Waals surface area contributed by atoms with Crippen molar-refractivity contribution in [1.82, 2.24) is 4.98 Å². The predicted molar refractivity (Wildman–Crippen MR) is 78.9 cm³/mol. The van der Waals surface area contributed by atoms with Gasteiger partial charge in [-0.15, -0.1) is 0 Å². The molecule has 0 saturated carbocycles. The molecule has 0 aliphatic rings. The normalized spacial score (nSPS) is 10.7. The third kappa shape index (κ3) is 2.14. The first-order valence-electron chi connectivity index (χ1n) is 6.35. The molecule has 3 nitrogen and oxygen atoms in total. The lowest BCUT2D eigenvalue weighted by Crippen LogP contribution is -2.02. The summed E-state index contributed by atoms with van der Waals surface area (Å²) in [5.74, 6) is -0.959. The highest BCUT2D eigenvalue weighted by Gasteiger charge is 2.14. The van der Waals surface area contributed by atoms with Gasteiger partial charge in [-0.2, -0.15) is 0 Å². The number of benzene rings is 2. The Morgan fingerprint density at radius 2 is 1.75 bits per heavy atom. The Morgan fingerprint density at radius 3 is 2.45 bits per heavy atom. The number of nitrogens with zero attached hydrogens (tertiary/aromatic N) is 1. The Bertz CT molecular complexity index is 792. The van der Waals surface area contributed by atoms with Gasteiger partial charge in [0.15, 0.2) is 0 Å². The smallest absolute Gasteiger partial charge is 0.337 e. The molecule has 0 spiro atoms. The molecule has 20 heavy (non-hydrogen) atoms. The number of aromatic carboxylic acids is 1. The Labute approximate surface area is 116 Å². The van der Waals surface area contributed by atoms with E-state index in [4.69, 9.17) is 0 Å². The van der Waals surface area contributed by atoms with Gasteiger partial charge in [0.2, 0.25) is 0 Å². The zero-order valence-corrected chi connectivity index (χ0v) is 11.0. The number of aryl methyl sites for hydroxylation is 1. The van der Waals surface area contributed by atoms with Gasteiger partial charge < -0.3 is 5.11 Å². The van der Waals surface area contributed by atoms with Gasteiger partial charge >= 0.3 is 5.97 Å². The minimum atomic E-state index is -0.959. The number of fused-ring (bicyclic) bond motifs is 1. The molecule has 0 atom stereocenters. The number of hydrogen-bond donors (Lipinski definition) is 1. The molecule has 0 amide bonds. The van der Waals surface area contributed by atoms with Crippen LogP contribution < -0.4 is 0 Å². The molecular weight excluding hydrogens is 250 g/mol. The first kappa shape index (κ1) is 12.4. The number of carboxylic acids is 1. The second-order valence-corrected chi connectivity index (χ2v) is 4.75. The summed E-state index contributed by atoms with van der Waals surface area (Å²) in [5, 5.41) is 10.2. The van der Waals surface area contributed by atoms with Gasteiger partial charge in [-0.3, -0.25) is 0 Å². The fourth-order valence-corrected chi connectivity index (χ4v) is 2.21. The van der Waals surface area contributed by atoms with Crippen molar-refractivity contribution in [2.75, 3.05) is 0 Å². The molecule has 0 bridgehead atoms. The van der Waals surface area contributed by atoms with Crippen molar-refractivity contribution in [3.8, 4) is 11.3 Å². The van der Waals surface area contributed by atoms with E-state index in [1.54, 1.807) is 6.07 Å². The number of pyridine rings is 1. The summed E-state index contributed by atoms with van der Waals surface area (Å²) in [4.78, 5) is 16.0. The maximum Gasteiger partial charge on any atom is 0.337 e. The highest BCUT2D eigenvalue weighted by molar-refractivity contribution is 5.99. The molecule has 0 aliphatic carbocycles. The van der Waals surface area contributed by atoms with Crippen LogP contribution in [0.1, 0.15) is 15.9 Å². The summed E-state index contributed by atoms with van der Waals surface area (Å²) in [6, 6.07) is 16.9. The van der Waals surface area contributed by atoms with Crippen LogP contribution in [0.4, 0.5) is 0 Å². The number of rotatable bonds is 2. The van der Waals surface area contributed by atoms with Crippen LogP contribution in [0.15, 0.2) is 54.6 Å². The number of aromatic nitrogens is 1. The second kappa shape index (κ2) is 4.78. The van der Waals surface area contributed by atoms with Gasteiger partial charge in [0.25, 0.3) is 0 Å². The molecule has 0 saturated heterocycles. The topological polar surface area (TPSA) is 50.2 Å². The monoisotopic (exact) mass is 263 g/mol. The van der Waals surface area contributed by atoms with Crippen LogP contribution >= 0.6 is 0 Å². The molecule has 0 aliphatic heterocycles. The van der Waals surface area contributed by atoms with Crippen LogP contribution in [0.2, 0.25) is 0 Å². The van der Waals surface area contributed by atoms with E-state index >= 15 is 0 Å². The SMILES string of the molecule is Cc1ccc(-c2nc3ccccc3cc2C(=O)O)cc1. The first-order chi connectivity index (χ1) is 9.65. The van der Waals surface area contributed by atoms with Gasteiger partial charge in [0.05, 0.1) is 16.8 Å². The fourth-order valence-electron chi connectivity index (χ4n) is 2.21. The molecule has 0 radical (unpaired) electrons. The molecule has 3 heteroatoms. The lowest BCUT2D eigenvalue weighted by Gasteiger charge is -2.08. The maximum atomic E-state index is 11.5. The number of para-hydroxylation sites is 1. The van der Waals surface area contributed by atoms with Gasteiger partial charge in [-0.05, 0) is 19.1 Å². The molecule has 1 heterocycles. The minimum absolute atomic E-state index is 0.229. The van der Waals surface area contributed by atoms with Gasteiger partial charge in [-0.1, -0.05) is 48.0 Å². The summed E-state index contributed by atoms with van der Waals surface area (Å²) in [6.45, 7) is 2.00. The van der Waals surface area contributed by atoms with Crippen molar-refractivity contribution in [2.24, 2.45) is 0 Å². The van der Waals surface area contributed by atoms with E-state index in [0.717, 1.165) is 22.0 Å². The third-order valence-electron chi connectivity index (χ3n) is 3.28. The molecule has 98 valence electrons. The lowest BCUT2D eigenvalue weighted by atomic mass is 10.0. The molecule has 1 aromatic heterocycles. The van der Waals surface area contributed by atoms with Crippen molar-refractivity contribution >= 4 is 16.9 Å². The standard InChI is InChI=1S/C17H13NO2/c1-11-6-8-12(9-7-11)16-14(17(19)20)10-13-4-2-3-5-15(13)18-16/h2-10H,1H3,(H,19,20). The summed E-state index contributed by atoms with van der Waals surface area (Å²) in [5.41, 5.74) is 3.49. The number of carboxylic acid groups (broad SMARTS) is 1. The second-order valence-electron chi connectivity index (χ2n) is 4.75. The van der Waals surface area contributed by atoms with E-state index in [9.17, 15) is 9.90 Å². The van der Waals surface area contributed by atoms with Crippen molar-refractivity contribution in [3.63, 3.8) is 0 Å². The van der Waals surface area contributed by atoms with Crippen molar-refractivity contribution in [3.05, 3.63) is 65.7 Å². The van der Waals surface area contributed by atoms with E-state index < -0.39 is 5.97 Å². The van der Waals surface area contributed by atoms with E-state index in [-0.39, 0.29) is 5.56 Å². The van der Waals surface area contributed by atoms with Gasteiger partial charge in [0, 0.05) is 10.9 Å². The molecule has 3 rings (SSSR count). The molecule has 3 aromatic rings. The van der Waals surface area contributed by atoms with E-state index in [1.807, 2.05) is 55.5 Å². The Hall–Kier alpha value is -2.68. The minimum Gasteiger partial charge on any atom is -0.478 e. The Morgan fingerprint density at radius 1 is 1.05 bits per heavy atom. The highest BCUT2D eigenvalue weighted by atomic mass is 16.4.